The molecule has 0 saturated heterocycles. The molecule has 0 aliphatic rings. The summed E-state index contributed by atoms with van der Waals surface area (Å²) in [7, 11) is 0. The second-order valence-corrected chi connectivity index (χ2v) is 15.6. The molecule has 0 spiro atoms. The lowest BCUT2D eigenvalue weighted by Gasteiger charge is -2.18. The number of carbonyl (C=O) groups excluding carboxylic acids is 3. The van der Waals surface area contributed by atoms with Crippen LogP contribution < -0.4 is 0 Å². The van der Waals surface area contributed by atoms with Gasteiger partial charge in [0.05, 0.1) is 0 Å². The van der Waals surface area contributed by atoms with Crippen molar-refractivity contribution in [1.82, 2.24) is 0 Å². The lowest BCUT2D eigenvalue weighted by Crippen LogP contribution is -2.30. The molecule has 0 radical (unpaired) electrons. The van der Waals surface area contributed by atoms with Crippen LogP contribution in [0.1, 0.15) is 226 Å². The Hall–Kier alpha value is -2.89. The predicted molar refractivity (Wildman–Crippen MR) is 242 cm³/mol. The van der Waals surface area contributed by atoms with Crippen molar-refractivity contribution >= 4 is 17.9 Å². The highest BCUT2D eigenvalue weighted by molar-refractivity contribution is 5.71. The van der Waals surface area contributed by atoms with E-state index in [-0.39, 0.29) is 37.5 Å². The summed E-state index contributed by atoms with van der Waals surface area (Å²) in [5.74, 6) is -0.953. The van der Waals surface area contributed by atoms with Crippen LogP contribution in [0, 0.1) is 0 Å². The molecule has 57 heavy (non-hydrogen) atoms. The van der Waals surface area contributed by atoms with Gasteiger partial charge in [-0.25, -0.2) is 0 Å². The topological polar surface area (TPSA) is 78.9 Å². The Morgan fingerprint density at radius 1 is 0.368 bits per heavy atom. The van der Waals surface area contributed by atoms with Crippen LogP contribution in [0.3, 0.4) is 0 Å². The van der Waals surface area contributed by atoms with Crippen LogP contribution in [0.4, 0.5) is 0 Å². The minimum Gasteiger partial charge on any atom is -0.462 e. The maximum absolute atomic E-state index is 12.7. The molecular weight excluding hydrogens is 709 g/mol. The Labute approximate surface area is 351 Å². The fourth-order valence-corrected chi connectivity index (χ4v) is 6.48. The molecule has 6 heteroatoms. The smallest absolute Gasteiger partial charge is 0.306 e. The monoisotopic (exact) mass is 797 g/mol. The summed E-state index contributed by atoms with van der Waals surface area (Å²) in [6.07, 6.45) is 54.9. The quantitative estimate of drug-likeness (QED) is 0.0265. The van der Waals surface area contributed by atoms with Gasteiger partial charge in [0.1, 0.15) is 13.2 Å². The zero-order chi connectivity index (χ0) is 41.5. The second kappa shape index (κ2) is 45.8. The van der Waals surface area contributed by atoms with Gasteiger partial charge in [-0.2, -0.15) is 0 Å². The van der Waals surface area contributed by atoms with Gasteiger partial charge in [0.2, 0.25) is 0 Å². The Morgan fingerprint density at radius 3 is 1.05 bits per heavy atom. The number of ether oxygens (including phenoxy) is 3. The Bertz CT molecular complexity index is 1010. The van der Waals surface area contributed by atoms with Gasteiger partial charge in [0, 0.05) is 19.3 Å². The third kappa shape index (κ3) is 44.1. The van der Waals surface area contributed by atoms with E-state index in [0.29, 0.717) is 19.3 Å². The maximum atomic E-state index is 12.7. The number of rotatable bonds is 42. The molecule has 0 bridgehead atoms. The van der Waals surface area contributed by atoms with Crippen LogP contribution in [0.25, 0.3) is 0 Å². The first-order valence-corrected chi connectivity index (χ1v) is 23.8. The van der Waals surface area contributed by atoms with Crippen molar-refractivity contribution in [3.63, 3.8) is 0 Å². The summed E-state index contributed by atoms with van der Waals surface area (Å²) in [5, 5.41) is 0. The van der Waals surface area contributed by atoms with Crippen molar-refractivity contribution in [2.45, 2.75) is 232 Å². The fourth-order valence-electron chi connectivity index (χ4n) is 6.48. The number of hydrogen-bond acceptors (Lipinski definition) is 6. The van der Waals surface area contributed by atoms with Crippen LogP contribution in [0.15, 0.2) is 60.8 Å². The third-order valence-corrected chi connectivity index (χ3v) is 10.0. The first kappa shape index (κ1) is 54.1. The van der Waals surface area contributed by atoms with Crippen LogP contribution in [-0.4, -0.2) is 37.2 Å². The van der Waals surface area contributed by atoms with Crippen LogP contribution in [0.2, 0.25) is 0 Å². The van der Waals surface area contributed by atoms with Gasteiger partial charge in [-0.1, -0.05) is 210 Å². The van der Waals surface area contributed by atoms with E-state index in [2.05, 4.69) is 81.5 Å². The van der Waals surface area contributed by atoms with Gasteiger partial charge in [0.15, 0.2) is 6.10 Å². The van der Waals surface area contributed by atoms with E-state index in [0.717, 1.165) is 77.0 Å². The molecule has 6 nitrogen and oxygen atoms in total. The first-order valence-electron chi connectivity index (χ1n) is 23.8. The summed E-state index contributed by atoms with van der Waals surface area (Å²) in [4.78, 5) is 37.8. The van der Waals surface area contributed by atoms with Crippen molar-refractivity contribution < 1.29 is 28.6 Å². The van der Waals surface area contributed by atoms with Crippen molar-refractivity contribution in [1.29, 1.82) is 0 Å². The maximum Gasteiger partial charge on any atom is 0.306 e. The Kier molecular flexibility index (Phi) is 43.5. The van der Waals surface area contributed by atoms with Gasteiger partial charge >= 0.3 is 17.9 Å². The van der Waals surface area contributed by atoms with Crippen molar-refractivity contribution in [2.24, 2.45) is 0 Å². The van der Waals surface area contributed by atoms with Gasteiger partial charge in [-0.05, 0) is 57.8 Å². The molecule has 0 aliphatic heterocycles. The lowest BCUT2D eigenvalue weighted by molar-refractivity contribution is -0.167. The molecule has 0 rings (SSSR count). The standard InChI is InChI=1S/C51H88O6/c1-4-7-10-13-16-19-22-23-24-25-26-27-30-33-36-39-42-45-51(54)57-48(46-55-49(52)43-40-37-34-31-28-20-17-14-11-8-5-2)47-56-50(53)44-41-38-35-32-29-21-18-15-12-9-6-3/h7,10,16,19,23-24,26-27,33,36,48H,4-6,8-9,11-15,17-18,20-22,25,28-32,34-35,37-47H2,1-3H3/b10-7+,19-16+,24-23+,27-26+,36-33+. The van der Waals surface area contributed by atoms with Gasteiger partial charge in [-0.15, -0.1) is 0 Å². The van der Waals surface area contributed by atoms with Crippen LogP contribution in [-0.2, 0) is 28.6 Å². The van der Waals surface area contributed by atoms with E-state index in [1.165, 1.54) is 103 Å². The molecule has 0 heterocycles. The molecule has 0 aliphatic carbocycles. The fraction of sp³-hybridized carbons (Fsp3) is 0.745. The third-order valence-electron chi connectivity index (χ3n) is 10.0. The highest BCUT2D eigenvalue weighted by Gasteiger charge is 2.19. The molecule has 0 aromatic rings. The molecule has 0 saturated carbocycles. The number of unbranched alkanes of at least 4 members (excludes halogenated alkanes) is 21. The zero-order valence-electron chi connectivity index (χ0n) is 37.3. The van der Waals surface area contributed by atoms with E-state index >= 15 is 0 Å². The summed E-state index contributed by atoms with van der Waals surface area (Å²) in [5.41, 5.74) is 0. The summed E-state index contributed by atoms with van der Waals surface area (Å²) in [6, 6.07) is 0. The number of hydrogen-bond donors (Lipinski definition) is 0. The van der Waals surface area contributed by atoms with E-state index in [4.69, 9.17) is 14.2 Å². The highest BCUT2D eigenvalue weighted by atomic mass is 16.6. The molecule has 0 N–H and O–H groups in total. The molecule has 0 amide bonds. The van der Waals surface area contributed by atoms with Crippen LogP contribution in [0.5, 0.6) is 0 Å². The first-order chi connectivity index (χ1) is 28.0. The minimum absolute atomic E-state index is 0.0941. The molecular formula is C51H88O6. The molecule has 0 aromatic heterocycles. The number of carbonyl (C=O) groups is 3. The average Bonchev–Trinajstić information content (AvgIpc) is 3.21. The normalized spacial score (nSPS) is 12.1. The largest absolute Gasteiger partial charge is 0.462 e. The molecule has 0 aromatic carbocycles. The zero-order valence-corrected chi connectivity index (χ0v) is 37.3. The number of esters is 3. The van der Waals surface area contributed by atoms with Crippen LogP contribution >= 0.6 is 0 Å². The van der Waals surface area contributed by atoms with Crippen molar-refractivity contribution in [2.75, 3.05) is 13.2 Å². The average molecular weight is 797 g/mol. The van der Waals surface area contributed by atoms with Gasteiger partial charge in [0.25, 0.3) is 0 Å². The van der Waals surface area contributed by atoms with E-state index in [1.54, 1.807) is 0 Å². The summed E-state index contributed by atoms with van der Waals surface area (Å²) < 4.78 is 16.7. The van der Waals surface area contributed by atoms with Gasteiger partial charge in [-0.3, -0.25) is 14.4 Å². The Balaban J connectivity index is 4.47. The number of allylic oxidation sites excluding steroid dienone is 10. The molecule has 0 atom stereocenters. The summed E-state index contributed by atoms with van der Waals surface area (Å²) in [6.45, 7) is 6.46. The molecule has 0 fully saturated rings. The minimum atomic E-state index is -0.797. The Morgan fingerprint density at radius 2 is 0.684 bits per heavy atom. The SMILES string of the molecule is CC/C=C/C/C=C/C/C=C/C/C=C/C/C=C/CCCC(=O)OC(COC(=O)CCCCCCCCCCCCC)COC(=O)CCCCCCCCCCCCC. The molecule has 328 valence electrons. The summed E-state index contributed by atoms with van der Waals surface area (Å²) >= 11 is 0. The van der Waals surface area contributed by atoms with Gasteiger partial charge < -0.3 is 14.2 Å². The van der Waals surface area contributed by atoms with Crippen molar-refractivity contribution in [3.8, 4) is 0 Å². The second-order valence-electron chi connectivity index (χ2n) is 15.6. The van der Waals surface area contributed by atoms with E-state index < -0.39 is 6.10 Å². The van der Waals surface area contributed by atoms with E-state index in [1.807, 2.05) is 0 Å². The predicted octanol–water partition coefficient (Wildman–Crippen LogP) is 15.3. The highest BCUT2D eigenvalue weighted by Crippen LogP contribution is 2.14. The van der Waals surface area contributed by atoms with E-state index in [9.17, 15) is 14.4 Å². The molecule has 0 unspecified atom stereocenters. The lowest BCUT2D eigenvalue weighted by atomic mass is 10.1. The van der Waals surface area contributed by atoms with Crippen molar-refractivity contribution in [3.05, 3.63) is 60.8 Å².